The largest absolute Gasteiger partial charge is 0.278 e. The summed E-state index contributed by atoms with van der Waals surface area (Å²) in [6, 6.07) is 50.6. The molecule has 0 unspecified atom stereocenters. The molecule has 6 heteroatoms. The highest BCUT2D eigenvalue weighted by molar-refractivity contribution is 6.10. The molecule has 0 N–H and O–H groups in total. The smallest absolute Gasteiger partial charge is 0.235 e. The van der Waals surface area contributed by atoms with Gasteiger partial charge in [0.15, 0.2) is 0 Å². The zero-order valence-corrected chi connectivity index (χ0v) is 24.0. The zero-order valence-electron chi connectivity index (χ0n) is 24.0. The van der Waals surface area contributed by atoms with Gasteiger partial charge < -0.3 is 0 Å². The Morgan fingerprint density at radius 1 is 0.400 bits per heavy atom. The van der Waals surface area contributed by atoms with Crippen LogP contribution in [0.25, 0.3) is 83.4 Å². The fourth-order valence-electron chi connectivity index (χ4n) is 6.90. The molecule has 0 saturated carbocycles. The van der Waals surface area contributed by atoms with Crippen molar-refractivity contribution in [2.75, 3.05) is 0 Å². The molecule has 6 aromatic carbocycles. The van der Waals surface area contributed by atoms with Crippen LogP contribution in [0.5, 0.6) is 0 Å². The topological polar surface area (TPSA) is 52.9 Å². The second-order valence-corrected chi connectivity index (χ2v) is 11.4. The molecule has 210 valence electrons. The Balaban J connectivity index is 1.27. The van der Waals surface area contributed by atoms with Crippen LogP contribution in [0.3, 0.4) is 0 Å². The van der Waals surface area contributed by atoms with E-state index in [1.807, 2.05) is 24.3 Å². The van der Waals surface area contributed by atoms with Crippen molar-refractivity contribution in [3.63, 3.8) is 0 Å². The first kappa shape index (κ1) is 24.2. The normalized spacial score (nSPS) is 12.0. The Morgan fingerprint density at radius 3 is 1.89 bits per heavy atom. The molecular formula is C39H24N6. The predicted molar refractivity (Wildman–Crippen MR) is 182 cm³/mol. The van der Waals surface area contributed by atoms with E-state index >= 15 is 0 Å². The molecule has 0 aliphatic carbocycles. The summed E-state index contributed by atoms with van der Waals surface area (Å²) in [7, 11) is 0. The lowest BCUT2D eigenvalue weighted by Crippen LogP contribution is -2.03. The minimum Gasteiger partial charge on any atom is -0.278 e. The first-order valence-electron chi connectivity index (χ1n) is 15.1. The van der Waals surface area contributed by atoms with E-state index in [2.05, 4.69) is 135 Å². The summed E-state index contributed by atoms with van der Waals surface area (Å²) in [4.78, 5) is 15.4. The Morgan fingerprint density at radius 2 is 1.04 bits per heavy atom. The van der Waals surface area contributed by atoms with E-state index in [1.165, 1.54) is 0 Å². The number of hydrogen-bond donors (Lipinski definition) is 0. The van der Waals surface area contributed by atoms with Crippen molar-refractivity contribution < 1.29 is 0 Å². The minimum absolute atomic E-state index is 0.653. The third-order valence-corrected chi connectivity index (χ3v) is 8.86. The summed E-state index contributed by atoms with van der Waals surface area (Å²) in [5.41, 5.74) is 10.4. The van der Waals surface area contributed by atoms with E-state index in [0.29, 0.717) is 5.95 Å². The van der Waals surface area contributed by atoms with Crippen LogP contribution >= 0.6 is 0 Å². The number of aromatic nitrogens is 6. The summed E-state index contributed by atoms with van der Waals surface area (Å²) in [6.45, 7) is 0. The molecule has 0 aliphatic rings. The number of rotatable bonds is 3. The van der Waals surface area contributed by atoms with Crippen LogP contribution in [0.15, 0.2) is 146 Å². The third kappa shape index (κ3) is 3.42. The van der Waals surface area contributed by atoms with E-state index < -0.39 is 0 Å². The van der Waals surface area contributed by atoms with Gasteiger partial charge in [-0.1, -0.05) is 91.0 Å². The lowest BCUT2D eigenvalue weighted by atomic mass is 10.1. The molecule has 0 aliphatic heterocycles. The lowest BCUT2D eigenvalue weighted by Gasteiger charge is -2.12. The summed E-state index contributed by atoms with van der Waals surface area (Å²) < 4.78 is 6.72. The third-order valence-electron chi connectivity index (χ3n) is 8.86. The average molecular weight is 577 g/mol. The maximum Gasteiger partial charge on any atom is 0.235 e. The molecule has 0 fully saturated rings. The highest BCUT2D eigenvalue weighted by atomic mass is 15.2. The van der Waals surface area contributed by atoms with Gasteiger partial charge in [-0.2, -0.15) is 0 Å². The standard InChI is InChI=1S/C39H24N6/c1-2-12-25(13-3-1)37-28-15-4-6-16-30(28)40-38(42-37)44-32-18-8-5-14-27(32)29-24-26(22-23-33(29)44)43-35-20-10-11-21-36(35)45-34-19-9-7-17-31(34)41-39(43)45/h1-24H. The molecule has 10 rings (SSSR count). The predicted octanol–water partition coefficient (Wildman–Crippen LogP) is 9.14. The van der Waals surface area contributed by atoms with Crippen molar-refractivity contribution in [1.29, 1.82) is 0 Å². The molecule has 0 atom stereocenters. The monoisotopic (exact) mass is 576 g/mol. The van der Waals surface area contributed by atoms with Crippen molar-refractivity contribution in [3.8, 4) is 22.9 Å². The van der Waals surface area contributed by atoms with Crippen LogP contribution in [-0.4, -0.2) is 28.5 Å². The number of para-hydroxylation sites is 6. The average Bonchev–Trinajstić information content (AvgIpc) is 3.75. The van der Waals surface area contributed by atoms with E-state index in [4.69, 9.17) is 15.0 Å². The number of nitrogens with zero attached hydrogens (tertiary/aromatic N) is 6. The summed E-state index contributed by atoms with van der Waals surface area (Å²) in [5.74, 6) is 1.55. The first-order chi connectivity index (χ1) is 22.3. The van der Waals surface area contributed by atoms with Crippen molar-refractivity contribution in [2.24, 2.45) is 0 Å². The fourth-order valence-corrected chi connectivity index (χ4v) is 6.90. The first-order valence-corrected chi connectivity index (χ1v) is 15.1. The Kier molecular flexibility index (Phi) is 4.90. The molecule has 0 amide bonds. The molecule has 6 nitrogen and oxygen atoms in total. The van der Waals surface area contributed by atoms with Crippen molar-refractivity contribution in [3.05, 3.63) is 146 Å². The van der Waals surface area contributed by atoms with E-state index in [9.17, 15) is 0 Å². The molecule has 4 aromatic heterocycles. The van der Waals surface area contributed by atoms with Gasteiger partial charge in [0.2, 0.25) is 11.7 Å². The second-order valence-electron chi connectivity index (χ2n) is 11.4. The van der Waals surface area contributed by atoms with Crippen molar-refractivity contribution in [2.45, 2.75) is 0 Å². The number of imidazole rings is 2. The second kappa shape index (κ2) is 9.11. The molecule has 0 bridgehead atoms. The molecule has 10 aromatic rings. The summed E-state index contributed by atoms with van der Waals surface area (Å²) >= 11 is 0. The number of hydrogen-bond acceptors (Lipinski definition) is 3. The van der Waals surface area contributed by atoms with Crippen LogP contribution in [0.1, 0.15) is 0 Å². The van der Waals surface area contributed by atoms with Crippen LogP contribution in [0.4, 0.5) is 0 Å². The van der Waals surface area contributed by atoms with Crippen LogP contribution in [0.2, 0.25) is 0 Å². The number of benzene rings is 6. The molecule has 0 radical (unpaired) electrons. The van der Waals surface area contributed by atoms with Crippen LogP contribution < -0.4 is 0 Å². The Bertz CT molecular complexity index is 2770. The highest BCUT2D eigenvalue weighted by Gasteiger charge is 2.20. The quantitative estimate of drug-likeness (QED) is 0.211. The molecule has 0 spiro atoms. The van der Waals surface area contributed by atoms with E-state index in [-0.39, 0.29) is 0 Å². The van der Waals surface area contributed by atoms with Crippen molar-refractivity contribution >= 4 is 60.6 Å². The van der Waals surface area contributed by atoms with Gasteiger partial charge in [0, 0.05) is 27.4 Å². The number of fused-ring (bicyclic) bond motifs is 9. The summed E-state index contributed by atoms with van der Waals surface area (Å²) in [5, 5.41) is 3.31. The lowest BCUT2D eigenvalue weighted by molar-refractivity contribution is 1.01. The Hall–Kier alpha value is -6.27. The van der Waals surface area contributed by atoms with Gasteiger partial charge in [0.1, 0.15) is 0 Å². The van der Waals surface area contributed by atoms with Gasteiger partial charge in [-0.15, -0.1) is 0 Å². The fraction of sp³-hybridized carbons (Fsp3) is 0. The van der Waals surface area contributed by atoms with E-state index in [1.54, 1.807) is 0 Å². The van der Waals surface area contributed by atoms with Crippen LogP contribution in [-0.2, 0) is 0 Å². The maximum atomic E-state index is 5.23. The van der Waals surface area contributed by atoms with Gasteiger partial charge >= 0.3 is 0 Å². The highest BCUT2D eigenvalue weighted by Crippen LogP contribution is 2.36. The van der Waals surface area contributed by atoms with Crippen LogP contribution in [0, 0.1) is 0 Å². The zero-order chi connectivity index (χ0) is 29.5. The van der Waals surface area contributed by atoms with Gasteiger partial charge in [0.25, 0.3) is 0 Å². The Labute approximate surface area is 257 Å². The molecule has 0 saturated heterocycles. The summed E-state index contributed by atoms with van der Waals surface area (Å²) in [6.07, 6.45) is 0. The molecule has 4 heterocycles. The minimum atomic E-state index is 0.653. The molecular weight excluding hydrogens is 552 g/mol. The molecule has 45 heavy (non-hydrogen) atoms. The van der Waals surface area contributed by atoms with E-state index in [0.717, 1.165) is 77.5 Å². The van der Waals surface area contributed by atoms with Gasteiger partial charge in [0.05, 0.1) is 44.3 Å². The van der Waals surface area contributed by atoms with Gasteiger partial charge in [-0.05, 0) is 54.6 Å². The van der Waals surface area contributed by atoms with Gasteiger partial charge in [-0.25, -0.2) is 15.0 Å². The maximum absolute atomic E-state index is 5.23. The SMILES string of the molecule is c1ccc(-c2nc(-n3c4ccccc4c4cc(-n5c6ccccc6n6c7ccccc7nc56)ccc43)nc3ccccc23)cc1. The van der Waals surface area contributed by atoms with Gasteiger partial charge in [-0.3, -0.25) is 13.5 Å². The van der Waals surface area contributed by atoms with Crippen molar-refractivity contribution in [1.82, 2.24) is 28.5 Å².